The van der Waals surface area contributed by atoms with Crippen molar-refractivity contribution in [1.29, 1.82) is 5.26 Å². The van der Waals surface area contributed by atoms with Gasteiger partial charge in [-0.25, -0.2) is 9.67 Å². The molecule has 7 rings (SSSR count). The molecule has 6 heterocycles. The number of carbonyl (C=O) groups is 1. The number of nitrogens with two attached hydrogens (primary N) is 1. The summed E-state index contributed by atoms with van der Waals surface area (Å²) in [4.78, 5) is 25.0. The zero-order valence-corrected chi connectivity index (χ0v) is 29.0. The van der Waals surface area contributed by atoms with Crippen LogP contribution in [0.5, 0.6) is 0 Å². The number of thioether (sulfide) groups is 1. The van der Waals surface area contributed by atoms with Crippen LogP contribution >= 0.6 is 11.8 Å². The highest BCUT2D eigenvalue weighted by atomic mass is 32.2. The number of aromatic nitrogens is 2. The van der Waals surface area contributed by atoms with Crippen LogP contribution in [0.2, 0.25) is 0 Å². The lowest BCUT2D eigenvalue weighted by atomic mass is 9.86. The predicted octanol–water partition coefficient (Wildman–Crippen LogP) is 3.65. The van der Waals surface area contributed by atoms with Crippen LogP contribution in [0.25, 0.3) is 0 Å². The van der Waals surface area contributed by atoms with Crippen molar-refractivity contribution >= 4 is 23.5 Å². The van der Waals surface area contributed by atoms with E-state index >= 15 is 0 Å². The molecule has 4 unspecified atom stereocenters. The molecule has 5 aliphatic heterocycles. The summed E-state index contributed by atoms with van der Waals surface area (Å²) in [6.07, 6.45) is 3.01. The van der Waals surface area contributed by atoms with Crippen LogP contribution < -0.4 is 11.1 Å². The van der Waals surface area contributed by atoms with E-state index in [0.717, 1.165) is 49.3 Å². The summed E-state index contributed by atoms with van der Waals surface area (Å²) in [5.74, 6) is 0.817. The molecule has 50 heavy (non-hydrogen) atoms. The average molecular weight is 718 g/mol. The molecule has 6 aliphatic rings. The number of likely N-dealkylation sites (N-methyl/N-ethyl adjacent to an activating group) is 1. The van der Waals surface area contributed by atoms with Crippen LogP contribution in [0.1, 0.15) is 62.9 Å². The largest absolute Gasteiger partial charge is 0.474 e. The number of nitrogens with one attached hydrogen (secondary N) is 1. The standard InChI is InChI=1S/C33H42F3N9O4S/c1-20-6-4-7-23-28(20)49-45(31(18-37)11-15-50-32(31,38)33(34,35)36)30(23)43-19-39-26(16-27(43)48-21(2)25-8-5-12-42(25)3)44-13-9-24(41-44)29(46)40-22-10-14-47-17-22/h9,11,13,15-16,20-22,25,30H,4-8,10,12,14,17,19,38H2,1-3H3,(H,40,46)/t20?,21-,22-,25-,30?,31?,32?/m0/s1. The molecule has 0 spiro atoms. The summed E-state index contributed by atoms with van der Waals surface area (Å²) >= 11 is 0.354. The number of allylic oxidation sites excluding steroid dienone is 2. The van der Waals surface area contributed by atoms with Crippen LogP contribution in [0.15, 0.2) is 52.0 Å². The van der Waals surface area contributed by atoms with Crippen molar-refractivity contribution in [3.63, 3.8) is 0 Å². The molecule has 7 atom stereocenters. The maximum absolute atomic E-state index is 14.8. The maximum Gasteiger partial charge on any atom is 0.419 e. The van der Waals surface area contributed by atoms with Crippen molar-refractivity contribution in [1.82, 2.24) is 30.0 Å². The Kier molecular flexibility index (Phi) is 9.21. The third kappa shape index (κ3) is 5.78. The molecule has 2 fully saturated rings. The zero-order chi connectivity index (χ0) is 35.4. The Morgan fingerprint density at radius 2 is 2.12 bits per heavy atom. The third-order valence-corrected chi connectivity index (χ3v) is 11.8. The van der Waals surface area contributed by atoms with Gasteiger partial charge in [-0.2, -0.15) is 23.5 Å². The number of rotatable bonds is 7. The molecule has 1 aliphatic carbocycles. The van der Waals surface area contributed by atoms with E-state index in [1.165, 1.54) is 16.2 Å². The highest BCUT2D eigenvalue weighted by Crippen LogP contribution is 2.56. The van der Waals surface area contributed by atoms with Gasteiger partial charge in [-0.05, 0) is 76.6 Å². The number of ether oxygens (including phenoxy) is 2. The SMILES string of the molecule is CC1CCCC2=C1ON(C1(C#N)C=CSC1(N)C(F)(F)F)C2N1CN=C(n2ccc(C(=O)N[C@H]3CCOC3)n2)C=C1O[C@@H](C)[C@@H]1CCCN1C. The quantitative estimate of drug-likeness (QED) is 0.426. The van der Waals surface area contributed by atoms with Crippen LogP contribution in [-0.4, -0.2) is 111 Å². The summed E-state index contributed by atoms with van der Waals surface area (Å²) in [5.41, 5.74) is 4.72. The molecule has 0 radical (unpaired) electrons. The molecular formula is C33H42F3N9O4S. The van der Waals surface area contributed by atoms with Gasteiger partial charge < -0.3 is 30.3 Å². The van der Waals surface area contributed by atoms with Crippen molar-refractivity contribution < 1.29 is 32.3 Å². The van der Waals surface area contributed by atoms with Gasteiger partial charge in [0, 0.05) is 36.4 Å². The van der Waals surface area contributed by atoms with Crippen molar-refractivity contribution in [2.45, 2.75) is 93.3 Å². The fourth-order valence-corrected chi connectivity index (χ4v) is 8.77. The molecule has 1 amide bonds. The Morgan fingerprint density at radius 1 is 1.30 bits per heavy atom. The van der Waals surface area contributed by atoms with E-state index in [1.54, 1.807) is 23.2 Å². The van der Waals surface area contributed by atoms with Crippen LogP contribution in [-0.2, 0) is 14.3 Å². The molecule has 270 valence electrons. The number of hydrogen-bond acceptors (Lipinski definition) is 12. The Morgan fingerprint density at radius 3 is 2.82 bits per heavy atom. The van der Waals surface area contributed by atoms with E-state index in [1.807, 2.05) is 27.0 Å². The van der Waals surface area contributed by atoms with Crippen molar-refractivity contribution in [3.05, 3.63) is 52.7 Å². The number of aliphatic imine (C=N–C) groups is 1. The number of hydroxylamine groups is 2. The summed E-state index contributed by atoms with van der Waals surface area (Å²) in [7, 11) is 2.04. The number of carbonyl (C=O) groups excluding carboxylic acids is 1. The van der Waals surface area contributed by atoms with Crippen molar-refractivity contribution in [2.24, 2.45) is 16.6 Å². The van der Waals surface area contributed by atoms with Crippen LogP contribution in [0, 0.1) is 17.2 Å². The lowest BCUT2D eigenvalue weighted by Crippen LogP contribution is -2.72. The number of likely N-dealkylation sites (tertiary alicyclic amines) is 1. The Bertz CT molecular complexity index is 1670. The fourth-order valence-electron chi connectivity index (χ4n) is 7.77. The molecule has 0 bridgehead atoms. The first-order valence-electron chi connectivity index (χ1n) is 17.0. The maximum atomic E-state index is 14.8. The van der Waals surface area contributed by atoms with Crippen LogP contribution in [0.4, 0.5) is 13.2 Å². The minimum Gasteiger partial charge on any atom is -0.474 e. The van der Waals surface area contributed by atoms with Gasteiger partial charge in [0.15, 0.2) is 17.4 Å². The highest BCUT2D eigenvalue weighted by molar-refractivity contribution is 8.03. The Balaban J connectivity index is 1.27. The number of hydrogen-bond donors (Lipinski definition) is 2. The van der Waals surface area contributed by atoms with Crippen LogP contribution in [0.3, 0.4) is 0 Å². The monoisotopic (exact) mass is 717 g/mol. The minimum absolute atomic E-state index is 0.0627. The molecule has 0 aromatic carbocycles. The van der Waals surface area contributed by atoms with E-state index in [-0.39, 0.29) is 42.4 Å². The highest BCUT2D eigenvalue weighted by Gasteiger charge is 2.73. The molecule has 13 nitrogen and oxygen atoms in total. The summed E-state index contributed by atoms with van der Waals surface area (Å²) in [6, 6.07) is 3.53. The lowest BCUT2D eigenvalue weighted by Gasteiger charge is -2.47. The number of amides is 1. The smallest absolute Gasteiger partial charge is 0.419 e. The van der Waals surface area contributed by atoms with E-state index in [4.69, 9.17) is 25.0 Å². The average Bonchev–Trinajstić information content (AvgIpc) is 3.92. The van der Waals surface area contributed by atoms with E-state index < -0.39 is 22.8 Å². The molecule has 3 N–H and O–H groups in total. The second-order valence-corrected chi connectivity index (χ2v) is 15.0. The second-order valence-electron chi connectivity index (χ2n) is 13.8. The first-order chi connectivity index (χ1) is 23.9. The molecule has 0 saturated carbocycles. The first kappa shape index (κ1) is 34.9. The summed E-state index contributed by atoms with van der Waals surface area (Å²) in [6.45, 7) is 5.83. The summed E-state index contributed by atoms with van der Waals surface area (Å²) < 4.78 is 58.0. The second kappa shape index (κ2) is 13.2. The van der Waals surface area contributed by atoms with E-state index in [9.17, 15) is 23.2 Å². The summed E-state index contributed by atoms with van der Waals surface area (Å²) in [5, 5.41) is 20.4. The van der Waals surface area contributed by atoms with Gasteiger partial charge >= 0.3 is 6.18 Å². The van der Waals surface area contributed by atoms with Gasteiger partial charge in [-0.15, -0.1) is 0 Å². The topological polar surface area (TPSA) is 146 Å². The van der Waals surface area contributed by atoms with Crippen molar-refractivity contribution in [2.75, 3.05) is 33.5 Å². The molecule has 1 aromatic heterocycles. The van der Waals surface area contributed by atoms with Gasteiger partial charge in [0.05, 0.1) is 18.7 Å². The number of halogens is 3. The number of alkyl halides is 3. The van der Waals surface area contributed by atoms with Gasteiger partial charge in [-0.3, -0.25) is 9.69 Å². The Hall–Kier alpha value is -3.56. The van der Waals surface area contributed by atoms with Gasteiger partial charge in [0.2, 0.25) is 10.4 Å². The third-order valence-electron chi connectivity index (χ3n) is 10.6. The van der Waals surface area contributed by atoms with E-state index in [0.29, 0.717) is 48.9 Å². The first-order valence-corrected chi connectivity index (χ1v) is 17.9. The number of nitrogens with zero attached hydrogens (tertiary/aromatic N) is 7. The molecule has 17 heteroatoms. The van der Waals surface area contributed by atoms with Crippen molar-refractivity contribution in [3.8, 4) is 6.07 Å². The fraction of sp³-hybridized carbons (Fsp3) is 0.636. The number of nitriles is 1. The molecular weight excluding hydrogens is 675 g/mol. The Labute approximate surface area is 292 Å². The van der Waals surface area contributed by atoms with Gasteiger partial charge in [0.25, 0.3) is 5.91 Å². The van der Waals surface area contributed by atoms with Gasteiger partial charge in [0.1, 0.15) is 24.7 Å². The van der Waals surface area contributed by atoms with E-state index in [2.05, 4.69) is 15.3 Å². The van der Waals surface area contributed by atoms with Gasteiger partial charge in [-0.1, -0.05) is 23.7 Å². The lowest BCUT2D eigenvalue weighted by molar-refractivity contribution is -0.245. The zero-order valence-electron chi connectivity index (χ0n) is 28.2. The molecule has 2 saturated heterocycles. The predicted molar refractivity (Wildman–Crippen MR) is 178 cm³/mol. The molecule has 1 aromatic rings. The normalized spacial score (nSPS) is 33.9. The minimum atomic E-state index is -4.96.